The number of ether oxygens (including phenoxy) is 4. The molecule has 2 saturated heterocycles. The summed E-state index contributed by atoms with van der Waals surface area (Å²) in [4.78, 5) is 57.0. The van der Waals surface area contributed by atoms with E-state index in [1.807, 2.05) is 19.0 Å². The Balaban J connectivity index is 1.92. The van der Waals surface area contributed by atoms with E-state index in [0.717, 1.165) is 25.7 Å². The first kappa shape index (κ1) is 73.1. The lowest BCUT2D eigenvalue weighted by Crippen LogP contribution is -2.42. The number of imide groups is 1. The molecule has 2 amide bonds. The molecule has 0 aliphatic carbocycles. The van der Waals surface area contributed by atoms with Gasteiger partial charge in [0.05, 0.1) is 13.2 Å². The predicted molar refractivity (Wildman–Crippen MR) is 330 cm³/mol. The fourth-order valence-corrected chi connectivity index (χ4v) is 12.1. The highest BCUT2D eigenvalue weighted by Gasteiger charge is 2.60. The van der Waals surface area contributed by atoms with Gasteiger partial charge < -0.3 is 23.8 Å². The Bertz CT molecular complexity index is 1360. The first-order valence-electron chi connectivity index (χ1n) is 34.8. The Morgan fingerprint density at radius 1 is 0.418 bits per heavy atom. The first-order chi connectivity index (χ1) is 38.6. The summed E-state index contributed by atoms with van der Waals surface area (Å²) in [5, 5.41) is 0. The second kappa shape index (κ2) is 50.5. The maximum atomic E-state index is 13.6. The molecule has 464 valence electrons. The Kier molecular flexibility index (Phi) is 46.7. The molecule has 2 aliphatic rings. The fourth-order valence-electron chi connectivity index (χ4n) is 12.1. The molecule has 2 heterocycles. The third-order valence-electron chi connectivity index (χ3n) is 17.4. The predicted octanol–water partition coefficient (Wildman–Crippen LogP) is 19.3. The quantitative estimate of drug-likeness (QED) is 0.0334. The number of fused-ring (bicyclic) bond motifs is 1. The first-order valence-corrected chi connectivity index (χ1v) is 34.8. The van der Waals surface area contributed by atoms with Gasteiger partial charge in [0, 0.05) is 38.8 Å². The number of hydrogen-bond acceptors (Lipinski definition) is 9. The summed E-state index contributed by atoms with van der Waals surface area (Å²) in [6.07, 6.45) is 56.7. The molecule has 4 unspecified atom stereocenters. The number of rotatable bonds is 59. The number of hydrogen-bond donors (Lipinski definition) is 0. The van der Waals surface area contributed by atoms with Crippen molar-refractivity contribution in [1.29, 1.82) is 0 Å². The van der Waals surface area contributed by atoms with E-state index in [0.29, 0.717) is 89.5 Å². The van der Waals surface area contributed by atoms with Gasteiger partial charge in [-0.25, -0.2) is 0 Å². The van der Waals surface area contributed by atoms with Gasteiger partial charge in [-0.1, -0.05) is 272 Å². The van der Waals surface area contributed by atoms with Crippen LogP contribution in [-0.4, -0.2) is 91.9 Å². The Hall–Kier alpha value is -2.04. The van der Waals surface area contributed by atoms with E-state index in [2.05, 4.69) is 27.7 Å². The Morgan fingerprint density at radius 3 is 0.949 bits per heavy atom. The van der Waals surface area contributed by atoms with Gasteiger partial charge in [-0.3, -0.25) is 24.1 Å². The molecule has 2 fully saturated rings. The summed E-state index contributed by atoms with van der Waals surface area (Å²) >= 11 is 0. The van der Waals surface area contributed by atoms with Crippen LogP contribution < -0.4 is 0 Å². The van der Waals surface area contributed by atoms with E-state index in [9.17, 15) is 19.2 Å². The zero-order chi connectivity index (χ0) is 57.3. The number of amides is 2. The van der Waals surface area contributed by atoms with Crippen LogP contribution in [0.1, 0.15) is 349 Å². The van der Waals surface area contributed by atoms with Crippen molar-refractivity contribution in [1.82, 2.24) is 9.80 Å². The van der Waals surface area contributed by atoms with Crippen LogP contribution >= 0.6 is 0 Å². The van der Waals surface area contributed by atoms with Gasteiger partial charge in [0.2, 0.25) is 0 Å². The van der Waals surface area contributed by atoms with Crippen molar-refractivity contribution in [3.05, 3.63) is 0 Å². The maximum Gasteiger partial charge on any atom is 0.305 e. The normalized spacial score (nSPS) is 18.0. The van der Waals surface area contributed by atoms with Crippen LogP contribution in [0.15, 0.2) is 0 Å². The lowest BCUT2D eigenvalue weighted by Gasteiger charge is -2.30. The van der Waals surface area contributed by atoms with Crippen molar-refractivity contribution in [2.45, 2.75) is 367 Å². The SMILES string of the molecule is CCCCCCCCCCCCC(CCCCCCCCCCC)COC(=O)CCCCC1(CCCCC(=O)OCC(CCCCCCCCCCC)CCCCCCCCCCCC)OC2C(=O)N(CCN(C)C)C(=O)C2O1. The Morgan fingerprint density at radius 2 is 0.684 bits per heavy atom. The summed E-state index contributed by atoms with van der Waals surface area (Å²) in [7, 11) is 3.84. The molecule has 0 N–H and O–H groups in total. The number of likely N-dealkylation sites (N-methyl/N-ethyl adjacent to an activating group) is 1. The highest BCUT2D eigenvalue weighted by Crippen LogP contribution is 2.41. The van der Waals surface area contributed by atoms with Crippen LogP contribution in [0.25, 0.3) is 0 Å². The highest BCUT2D eigenvalue weighted by molar-refractivity contribution is 6.08. The van der Waals surface area contributed by atoms with Crippen LogP contribution in [0.2, 0.25) is 0 Å². The average Bonchev–Trinajstić information content (AvgIpc) is 4.18. The zero-order valence-corrected chi connectivity index (χ0v) is 53.2. The number of carbonyl (C=O) groups is 4. The van der Waals surface area contributed by atoms with Crippen LogP contribution in [0.4, 0.5) is 0 Å². The molecule has 2 aliphatic heterocycles. The topological polar surface area (TPSA) is 112 Å². The van der Waals surface area contributed by atoms with Crippen LogP contribution in [0, 0.1) is 11.8 Å². The molecule has 10 nitrogen and oxygen atoms in total. The number of unbranched alkanes of at least 4 members (excludes halogenated alkanes) is 36. The standard InChI is InChI=1S/C69H130N2O8/c1-7-11-15-19-23-27-31-35-39-43-51-61(49-41-37-33-29-25-21-17-13-9-3)59-76-63(72)53-45-47-55-69(78-65-66(79-69)68(75)71(67(65)74)58-57-70(5)6)56-48-46-54-64(73)77-60-62(50-42-38-34-30-26-22-18-14-10-4)52-44-40-36-32-28-24-20-16-12-8-2/h61-62,65-66H,7-60H2,1-6H3. The molecule has 0 radical (unpaired) electrons. The molecule has 0 spiro atoms. The molecule has 0 aromatic carbocycles. The minimum atomic E-state index is -1.13. The van der Waals surface area contributed by atoms with Gasteiger partial charge in [0.15, 0.2) is 18.0 Å². The largest absolute Gasteiger partial charge is 0.465 e. The fraction of sp³-hybridized carbons (Fsp3) is 0.942. The van der Waals surface area contributed by atoms with E-state index in [1.54, 1.807) is 0 Å². The van der Waals surface area contributed by atoms with Crippen LogP contribution in [-0.2, 0) is 38.1 Å². The molecule has 2 rings (SSSR count). The lowest BCUT2D eigenvalue weighted by molar-refractivity contribution is -0.199. The molecular formula is C69H130N2O8. The van der Waals surface area contributed by atoms with Crippen LogP contribution in [0.5, 0.6) is 0 Å². The van der Waals surface area contributed by atoms with E-state index in [4.69, 9.17) is 18.9 Å². The molecule has 0 aromatic heterocycles. The summed E-state index contributed by atoms with van der Waals surface area (Å²) in [6, 6.07) is 0. The van der Waals surface area contributed by atoms with Crippen molar-refractivity contribution < 1.29 is 38.1 Å². The van der Waals surface area contributed by atoms with Gasteiger partial charge in [-0.2, -0.15) is 0 Å². The summed E-state index contributed by atoms with van der Waals surface area (Å²) < 4.78 is 25.1. The summed E-state index contributed by atoms with van der Waals surface area (Å²) in [5.74, 6) is -1.29. The monoisotopic (exact) mass is 1110 g/mol. The molecule has 79 heavy (non-hydrogen) atoms. The van der Waals surface area contributed by atoms with Crippen molar-refractivity contribution in [3.63, 3.8) is 0 Å². The van der Waals surface area contributed by atoms with Gasteiger partial charge >= 0.3 is 11.9 Å². The molecular weight excluding hydrogens is 985 g/mol. The van der Waals surface area contributed by atoms with Gasteiger partial charge in [-0.15, -0.1) is 0 Å². The maximum absolute atomic E-state index is 13.6. The van der Waals surface area contributed by atoms with Crippen molar-refractivity contribution >= 4 is 23.8 Å². The molecule has 0 bridgehead atoms. The second-order valence-electron chi connectivity index (χ2n) is 25.3. The molecule has 4 atom stereocenters. The molecule has 10 heteroatoms. The summed E-state index contributed by atoms with van der Waals surface area (Å²) in [6.45, 7) is 11.0. The van der Waals surface area contributed by atoms with Crippen molar-refractivity contribution in [2.24, 2.45) is 11.8 Å². The van der Waals surface area contributed by atoms with Gasteiger partial charge in [0.25, 0.3) is 11.8 Å². The highest BCUT2D eigenvalue weighted by atomic mass is 16.8. The lowest BCUT2D eigenvalue weighted by atomic mass is 9.94. The van der Waals surface area contributed by atoms with Gasteiger partial charge in [0.1, 0.15) is 0 Å². The third kappa shape index (κ3) is 37.7. The second-order valence-corrected chi connectivity index (χ2v) is 25.3. The minimum Gasteiger partial charge on any atom is -0.465 e. The van der Waals surface area contributed by atoms with Gasteiger partial charge in [-0.05, 0) is 77.3 Å². The van der Waals surface area contributed by atoms with E-state index >= 15 is 0 Å². The third-order valence-corrected chi connectivity index (χ3v) is 17.4. The van der Waals surface area contributed by atoms with Crippen LogP contribution in [0.3, 0.4) is 0 Å². The van der Waals surface area contributed by atoms with E-state index in [1.165, 1.54) is 249 Å². The average molecular weight is 1120 g/mol. The van der Waals surface area contributed by atoms with Crippen molar-refractivity contribution in [2.75, 3.05) is 40.4 Å². The number of likely N-dealkylation sites (tertiary alicyclic amines) is 1. The van der Waals surface area contributed by atoms with E-state index in [-0.39, 0.29) is 23.8 Å². The minimum absolute atomic E-state index is 0.154. The molecule has 0 saturated carbocycles. The number of nitrogens with zero attached hydrogens (tertiary/aromatic N) is 2. The van der Waals surface area contributed by atoms with Crippen molar-refractivity contribution in [3.8, 4) is 0 Å². The molecule has 0 aromatic rings. The Labute approximate surface area is 488 Å². The van der Waals surface area contributed by atoms with E-state index < -0.39 is 18.0 Å². The summed E-state index contributed by atoms with van der Waals surface area (Å²) in [5.41, 5.74) is 0. The smallest absolute Gasteiger partial charge is 0.305 e. The zero-order valence-electron chi connectivity index (χ0n) is 53.2. The number of carbonyl (C=O) groups excluding carboxylic acids is 4. The number of esters is 2.